The average Bonchev–Trinajstić information content (AvgIpc) is 2.04. The number of hydrogen-bond donors (Lipinski definition) is 0. The molecule has 1 saturated carbocycles. The molecule has 1 nitrogen and oxygen atoms in total. The lowest BCUT2D eigenvalue weighted by molar-refractivity contribution is 0.182. The van der Waals surface area contributed by atoms with Crippen LogP contribution >= 0.6 is 0 Å². The van der Waals surface area contributed by atoms with Crippen LogP contribution < -0.4 is 0 Å². The predicted molar refractivity (Wildman–Crippen MR) is 52.6 cm³/mol. The van der Waals surface area contributed by atoms with Gasteiger partial charge in [0.1, 0.15) is 0 Å². The molecule has 0 atom stereocenters. The number of hydrogen-bond acceptors (Lipinski definition) is 1. The molecule has 70 valence electrons. The van der Waals surface area contributed by atoms with Crippen molar-refractivity contribution in [3.8, 4) is 0 Å². The van der Waals surface area contributed by atoms with Gasteiger partial charge in [-0.25, -0.2) is 0 Å². The van der Waals surface area contributed by atoms with E-state index in [0.29, 0.717) is 5.41 Å². The monoisotopic (exact) mass is 186 g/mol. The first-order valence-electron chi connectivity index (χ1n) is 5.09. The summed E-state index contributed by atoms with van der Waals surface area (Å²) in [6, 6.07) is 0. The van der Waals surface area contributed by atoms with Crippen LogP contribution in [0.15, 0.2) is 0 Å². The Morgan fingerprint density at radius 3 is 2.33 bits per heavy atom. The third-order valence-electron chi connectivity index (χ3n) is 3.68. The van der Waals surface area contributed by atoms with Gasteiger partial charge in [0, 0.05) is 22.3 Å². The molecule has 0 aromatic heterocycles. The van der Waals surface area contributed by atoms with Crippen molar-refractivity contribution < 1.29 is 4.21 Å². The molecule has 0 amide bonds. The van der Waals surface area contributed by atoms with Crippen LogP contribution in [0, 0.1) is 11.3 Å². The normalized spacial score (nSPS) is 47.4. The highest BCUT2D eigenvalue weighted by molar-refractivity contribution is 7.86. The smallest absolute Gasteiger partial charge is 0.0300 e. The summed E-state index contributed by atoms with van der Waals surface area (Å²) in [7, 11) is -0.442. The van der Waals surface area contributed by atoms with Crippen molar-refractivity contribution in [2.75, 3.05) is 11.5 Å². The van der Waals surface area contributed by atoms with Gasteiger partial charge >= 0.3 is 0 Å². The van der Waals surface area contributed by atoms with E-state index in [1.807, 2.05) is 0 Å². The molecule has 0 unspecified atom stereocenters. The molecule has 2 heteroatoms. The SMILES string of the molecule is CCC1CCC2(CC1)CS(=O)C2. The van der Waals surface area contributed by atoms with Crippen molar-refractivity contribution in [3.63, 3.8) is 0 Å². The Morgan fingerprint density at radius 2 is 1.92 bits per heavy atom. The molecule has 1 spiro atoms. The molecule has 1 aliphatic carbocycles. The van der Waals surface area contributed by atoms with Crippen LogP contribution in [0.25, 0.3) is 0 Å². The second-order valence-electron chi connectivity index (χ2n) is 4.58. The van der Waals surface area contributed by atoms with Gasteiger partial charge in [0.15, 0.2) is 0 Å². The summed E-state index contributed by atoms with van der Waals surface area (Å²) in [6.45, 7) is 2.29. The fourth-order valence-corrected chi connectivity index (χ4v) is 4.49. The van der Waals surface area contributed by atoms with Gasteiger partial charge in [-0.15, -0.1) is 0 Å². The minimum absolute atomic E-state index is 0.442. The first kappa shape index (κ1) is 8.74. The minimum Gasteiger partial charge on any atom is -0.260 e. The first-order chi connectivity index (χ1) is 5.74. The summed E-state index contributed by atoms with van der Waals surface area (Å²) >= 11 is 0. The lowest BCUT2D eigenvalue weighted by Crippen LogP contribution is -2.47. The van der Waals surface area contributed by atoms with Gasteiger partial charge in [-0.3, -0.25) is 4.21 Å². The molecule has 12 heavy (non-hydrogen) atoms. The summed E-state index contributed by atoms with van der Waals surface area (Å²) < 4.78 is 11.0. The molecule has 2 rings (SSSR count). The molecular formula is C10H18OS. The van der Waals surface area contributed by atoms with Crippen LogP contribution in [-0.4, -0.2) is 15.7 Å². The van der Waals surface area contributed by atoms with Gasteiger partial charge in [0.2, 0.25) is 0 Å². The lowest BCUT2D eigenvalue weighted by atomic mass is 9.71. The fourth-order valence-electron chi connectivity index (χ4n) is 2.63. The second kappa shape index (κ2) is 3.13. The minimum atomic E-state index is -0.442. The van der Waals surface area contributed by atoms with E-state index in [-0.39, 0.29) is 0 Å². The van der Waals surface area contributed by atoms with Crippen molar-refractivity contribution in [1.29, 1.82) is 0 Å². The van der Waals surface area contributed by atoms with Crippen LogP contribution in [0.5, 0.6) is 0 Å². The molecule has 2 aliphatic rings. The molecule has 0 aromatic rings. The Kier molecular flexibility index (Phi) is 2.28. The Bertz CT molecular complexity index is 182. The molecule has 1 heterocycles. The summed E-state index contributed by atoms with van der Waals surface area (Å²) in [4.78, 5) is 0. The van der Waals surface area contributed by atoms with Crippen molar-refractivity contribution in [2.24, 2.45) is 11.3 Å². The van der Waals surface area contributed by atoms with Crippen LogP contribution in [0.1, 0.15) is 39.0 Å². The molecule has 0 aromatic carbocycles. The lowest BCUT2D eigenvalue weighted by Gasteiger charge is -2.45. The topological polar surface area (TPSA) is 17.1 Å². The van der Waals surface area contributed by atoms with E-state index in [1.54, 1.807) is 0 Å². The maximum atomic E-state index is 11.0. The third-order valence-corrected chi connectivity index (χ3v) is 5.55. The zero-order chi connectivity index (χ0) is 8.60. The highest BCUT2D eigenvalue weighted by Gasteiger charge is 2.44. The predicted octanol–water partition coefficient (Wildman–Crippen LogP) is 2.34. The quantitative estimate of drug-likeness (QED) is 0.614. The van der Waals surface area contributed by atoms with Crippen molar-refractivity contribution in [1.82, 2.24) is 0 Å². The van der Waals surface area contributed by atoms with E-state index >= 15 is 0 Å². The van der Waals surface area contributed by atoms with Crippen LogP contribution in [0.4, 0.5) is 0 Å². The van der Waals surface area contributed by atoms with E-state index in [1.165, 1.54) is 32.1 Å². The zero-order valence-corrected chi connectivity index (χ0v) is 8.66. The van der Waals surface area contributed by atoms with E-state index in [2.05, 4.69) is 6.92 Å². The van der Waals surface area contributed by atoms with Gasteiger partial charge in [0.05, 0.1) is 0 Å². The molecule has 1 aliphatic heterocycles. The summed E-state index contributed by atoms with van der Waals surface area (Å²) in [6.07, 6.45) is 6.86. The van der Waals surface area contributed by atoms with E-state index in [4.69, 9.17) is 0 Å². The Hall–Kier alpha value is 0.150. The maximum absolute atomic E-state index is 11.0. The first-order valence-corrected chi connectivity index (χ1v) is 6.58. The van der Waals surface area contributed by atoms with Crippen molar-refractivity contribution in [3.05, 3.63) is 0 Å². The third kappa shape index (κ3) is 1.46. The summed E-state index contributed by atoms with van der Waals surface area (Å²) in [5.74, 6) is 3.01. The maximum Gasteiger partial charge on any atom is 0.0300 e. The van der Waals surface area contributed by atoms with Crippen LogP contribution in [-0.2, 0) is 10.8 Å². The standard InChI is InChI=1S/C10H18OS/c1-2-9-3-5-10(6-4-9)7-12(11)8-10/h9H,2-8H2,1H3. The average molecular weight is 186 g/mol. The van der Waals surface area contributed by atoms with Gasteiger partial charge in [-0.1, -0.05) is 13.3 Å². The summed E-state index contributed by atoms with van der Waals surface area (Å²) in [5.41, 5.74) is 0.552. The van der Waals surface area contributed by atoms with E-state index in [0.717, 1.165) is 17.4 Å². The van der Waals surface area contributed by atoms with Gasteiger partial charge in [0.25, 0.3) is 0 Å². The zero-order valence-electron chi connectivity index (χ0n) is 7.84. The van der Waals surface area contributed by atoms with Crippen molar-refractivity contribution >= 4 is 10.8 Å². The van der Waals surface area contributed by atoms with Crippen LogP contribution in [0.2, 0.25) is 0 Å². The Morgan fingerprint density at radius 1 is 1.33 bits per heavy atom. The molecular weight excluding hydrogens is 168 g/mol. The van der Waals surface area contributed by atoms with Gasteiger partial charge < -0.3 is 0 Å². The Labute approximate surface area is 77.4 Å². The fraction of sp³-hybridized carbons (Fsp3) is 1.00. The highest BCUT2D eigenvalue weighted by atomic mass is 32.2. The number of rotatable bonds is 1. The van der Waals surface area contributed by atoms with Gasteiger partial charge in [-0.2, -0.15) is 0 Å². The highest BCUT2D eigenvalue weighted by Crippen LogP contribution is 2.46. The Balaban J connectivity index is 1.86. The molecule has 0 bridgehead atoms. The molecule has 0 N–H and O–H groups in total. The van der Waals surface area contributed by atoms with Gasteiger partial charge in [-0.05, 0) is 37.0 Å². The van der Waals surface area contributed by atoms with E-state index in [9.17, 15) is 4.21 Å². The van der Waals surface area contributed by atoms with Crippen LogP contribution in [0.3, 0.4) is 0 Å². The largest absolute Gasteiger partial charge is 0.260 e. The van der Waals surface area contributed by atoms with Crippen molar-refractivity contribution in [2.45, 2.75) is 39.0 Å². The van der Waals surface area contributed by atoms with E-state index < -0.39 is 10.8 Å². The molecule has 1 saturated heterocycles. The molecule has 0 radical (unpaired) electrons. The molecule has 2 fully saturated rings. The summed E-state index contributed by atoms with van der Waals surface area (Å²) in [5, 5.41) is 0. The second-order valence-corrected chi connectivity index (χ2v) is 6.04.